The van der Waals surface area contributed by atoms with Crippen LogP contribution in [0.15, 0.2) is 30.9 Å². The summed E-state index contributed by atoms with van der Waals surface area (Å²) in [4.78, 5) is 32.8. The lowest BCUT2D eigenvalue weighted by Crippen LogP contribution is -2.54. The highest BCUT2D eigenvalue weighted by atomic mass is 32.2. The van der Waals surface area contributed by atoms with Gasteiger partial charge in [-0.25, -0.2) is 12.9 Å². The van der Waals surface area contributed by atoms with Crippen molar-refractivity contribution in [1.29, 1.82) is 0 Å². The number of carbonyl (C=O) groups excluding carboxylic acids is 2. The summed E-state index contributed by atoms with van der Waals surface area (Å²) in [5.74, 6) is -0.602. The molecule has 6 rings (SSSR count). The number of pyridine rings is 1. The lowest BCUT2D eigenvalue weighted by molar-refractivity contribution is -0.120. The third kappa shape index (κ3) is 4.72. The van der Waals surface area contributed by atoms with Crippen molar-refractivity contribution in [3.05, 3.63) is 42.1 Å². The summed E-state index contributed by atoms with van der Waals surface area (Å²) >= 11 is 1.34. The first kappa shape index (κ1) is 25.6. The molecule has 0 aliphatic carbocycles. The van der Waals surface area contributed by atoms with Crippen LogP contribution in [0.25, 0.3) is 26.5 Å². The number of nitrogens with one attached hydrogen (secondary N) is 1. The molecule has 6 heterocycles. The molecule has 0 aromatic carbocycles. The van der Waals surface area contributed by atoms with Gasteiger partial charge in [-0.05, 0) is 18.4 Å². The van der Waals surface area contributed by atoms with Gasteiger partial charge >= 0.3 is 0 Å². The molecule has 2 aliphatic heterocycles. The van der Waals surface area contributed by atoms with E-state index in [1.807, 2.05) is 13.0 Å². The number of amides is 2. The molecule has 0 radical (unpaired) electrons. The number of nitrogens with zero attached hydrogens (tertiary/aromatic N) is 6. The Labute approximate surface area is 228 Å². The molecular formula is C25H28N8O4S2. The zero-order chi connectivity index (χ0) is 27.7. The van der Waals surface area contributed by atoms with Crippen LogP contribution in [0.4, 0.5) is 5.69 Å². The van der Waals surface area contributed by atoms with Gasteiger partial charge < -0.3 is 11.1 Å². The highest BCUT2D eigenvalue weighted by Gasteiger charge is 2.36. The number of aryl methyl sites for hydroxylation is 1. The molecule has 0 atom stereocenters. The Balaban J connectivity index is 1.37. The van der Waals surface area contributed by atoms with Gasteiger partial charge in [0.15, 0.2) is 9.84 Å². The summed E-state index contributed by atoms with van der Waals surface area (Å²) in [6.07, 6.45) is 6.54. The van der Waals surface area contributed by atoms with E-state index in [0.29, 0.717) is 28.5 Å². The largest absolute Gasteiger partial charge is 0.365 e. The Kier molecular flexibility index (Phi) is 5.89. The van der Waals surface area contributed by atoms with E-state index in [1.54, 1.807) is 27.8 Å². The molecule has 3 N–H and O–H groups in total. The average Bonchev–Trinajstić information content (AvgIpc) is 3.52. The van der Waals surface area contributed by atoms with Crippen LogP contribution < -0.4 is 11.1 Å². The van der Waals surface area contributed by atoms with Gasteiger partial charge in [0.05, 0.1) is 64.5 Å². The number of nitrogens with two attached hydrogens (primary N) is 1. The van der Waals surface area contributed by atoms with Crippen molar-refractivity contribution in [3.8, 4) is 21.7 Å². The van der Waals surface area contributed by atoms with Crippen LogP contribution in [-0.4, -0.2) is 80.7 Å². The molecule has 12 nitrogen and oxygen atoms in total. The van der Waals surface area contributed by atoms with E-state index < -0.39 is 15.7 Å². The maximum absolute atomic E-state index is 12.7. The van der Waals surface area contributed by atoms with E-state index >= 15 is 0 Å². The number of aromatic nitrogens is 5. The maximum Gasteiger partial charge on any atom is 0.253 e. The topological polar surface area (TPSA) is 158 Å². The summed E-state index contributed by atoms with van der Waals surface area (Å²) in [6, 6.07) is 1.64. The number of thiazole rings is 1. The Morgan fingerprint density at radius 3 is 2.59 bits per heavy atom. The monoisotopic (exact) mass is 568 g/mol. The lowest BCUT2D eigenvalue weighted by atomic mass is 9.84. The zero-order valence-corrected chi connectivity index (χ0v) is 23.3. The molecule has 4 aromatic heterocycles. The van der Waals surface area contributed by atoms with Gasteiger partial charge in [0.2, 0.25) is 5.91 Å². The van der Waals surface area contributed by atoms with Crippen molar-refractivity contribution in [2.45, 2.75) is 26.8 Å². The molecule has 0 bridgehead atoms. The van der Waals surface area contributed by atoms with Crippen LogP contribution >= 0.6 is 11.3 Å². The predicted molar refractivity (Wildman–Crippen MR) is 147 cm³/mol. The predicted octanol–water partition coefficient (Wildman–Crippen LogP) is 1.98. The van der Waals surface area contributed by atoms with Crippen LogP contribution in [0.5, 0.6) is 0 Å². The summed E-state index contributed by atoms with van der Waals surface area (Å²) in [5, 5.41) is 11.8. The Bertz CT molecular complexity index is 1730. The van der Waals surface area contributed by atoms with Crippen LogP contribution in [0.3, 0.4) is 0 Å². The Hall–Kier alpha value is -3.62. The molecule has 0 unspecified atom stereocenters. The highest BCUT2D eigenvalue weighted by molar-refractivity contribution is 7.92. The van der Waals surface area contributed by atoms with Gasteiger partial charge in [0.1, 0.15) is 4.83 Å². The summed E-state index contributed by atoms with van der Waals surface area (Å²) in [5.41, 5.74) is 9.52. The molecule has 4 aromatic rings. The molecule has 0 saturated carbocycles. The summed E-state index contributed by atoms with van der Waals surface area (Å²) in [6.45, 7) is 8.25. The van der Waals surface area contributed by atoms with E-state index in [4.69, 9.17) is 5.73 Å². The van der Waals surface area contributed by atoms with Crippen molar-refractivity contribution < 1.29 is 18.0 Å². The van der Waals surface area contributed by atoms with E-state index in [9.17, 15) is 18.0 Å². The van der Waals surface area contributed by atoms with Crippen molar-refractivity contribution in [2.75, 3.05) is 36.5 Å². The van der Waals surface area contributed by atoms with Crippen LogP contribution in [-0.2, 0) is 14.6 Å². The first-order valence-electron chi connectivity index (χ1n) is 12.4. The maximum atomic E-state index is 12.7. The number of hydrogen-bond acceptors (Lipinski definition) is 9. The van der Waals surface area contributed by atoms with Gasteiger partial charge in [-0.2, -0.15) is 10.2 Å². The zero-order valence-electron chi connectivity index (χ0n) is 21.7. The molecule has 39 heavy (non-hydrogen) atoms. The van der Waals surface area contributed by atoms with Gasteiger partial charge in [0, 0.05) is 36.1 Å². The number of likely N-dealkylation sites (tertiary alicyclic amines) is 1. The normalized spacial score (nSPS) is 18.5. The fraction of sp³-hybridized carbons (Fsp3) is 0.400. The molecule has 0 spiro atoms. The van der Waals surface area contributed by atoms with Gasteiger partial charge in [0.25, 0.3) is 5.91 Å². The van der Waals surface area contributed by atoms with E-state index in [2.05, 4.69) is 39.2 Å². The number of anilines is 1. The first-order valence-corrected chi connectivity index (χ1v) is 15.1. The lowest BCUT2D eigenvalue weighted by Gasteiger charge is -2.45. The third-order valence-corrected chi connectivity index (χ3v) is 10.0. The molecule has 2 saturated heterocycles. The standard InChI is InChI=1S/C25H28N8O4S2/c1-14-18(4-16(6-27-14)30-20(34)9-31-12-25(2,3)13-31)21-22(38-24-19(23(26)35)7-29-33(21)24)15-5-28-32(8-15)17-10-39(36,37)11-17/h4-8,17H,9-13H2,1-3H3,(H2,26,35)(H,30,34). The molecule has 14 heteroatoms. The highest BCUT2D eigenvalue weighted by Crippen LogP contribution is 2.42. The van der Waals surface area contributed by atoms with Crippen molar-refractivity contribution in [3.63, 3.8) is 0 Å². The van der Waals surface area contributed by atoms with Gasteiger partial charge in [-0.15, -0.1) is 11.3 Å². The minimum atomic E-state index is -3.01. The molecular weight excluding hydrogens is 540 g/mol. The van der Waals surface area contributed by atoms with Gasteiger partial charge in [-0.1, -0.05) is 13.8 Å². The number of primary amides is 1. The SMILES string of the molecule is Cc1ncc(NC(=O)CN2CC(C)(C)C2)cc1-c1c(-c2cnn(C3CS(=O)(=O)C3)c2)sc2c(C(N)=O)cnn12. The minimum Gasteiger partial charge on any atom is -0.365 e. The van der Waals surface area contributed by atoms with Gasteiger partial charge in [-0.3, -0.25) is 24.2 Å². The van der Waals surface area contributed by atoms with Crippen molar-refractivity contribution in [2.24, 2.45) is 11.1 Å². The van der Waals surface area contributed by atoms with Crippen molar-refractivity contribution >= 4 is 43.5 Å². The summed E-state index contributed by atoms with van der Waals surface area (Å²) in [7, 11) is -3.01. The van der Waals surface area contributed by atoms with E-state index in [-0.39, 0.29) is 34.4 Å². The number of rotatable bonds is 7. The summed E-state index contributed by atoms with van der Waals surface area (Å²) < 4.78 is 26.7. The smallest absolute Gasteiger partial charge is 0.253 e. The van der Waals surface area contributed by atoms with Crippen LogP contribution in [0.2, 0.25) is 0 Å². The number of hydrogen-bond donors (Lipinski definition) is 2. The number of sulfone groups is 1. The number of carbonyl (C=O) groups is 2. The van der Waals surface area contributed by atoms with Crippen LogP contribution in [0.1, 0.15) is 35.9 Å². The third-order valence-electron chi connectivity index (χ3n) is 7.04. The van der Waals surface area contributed by atoms with E-state index in [0.717, 1.165) is 29.1 Å². The second-order valence-electron chi connectivity index (χ2n) is 11.1. The average molecular weight is 569 g/mol. The van der Waals surface area contributed by atoms with E-state index in [1.165, 1.54) is 17.5 Å². The number of fused-ring (bicyclic) bond motifs is 1. The molecule has 2 fully saturated rings. The van der Waals surface area contributed by atoms with Crippen molar-refractivity contribution in [1.82, 2.24) is 29.3 Å². The Morgan fingerprint density at radius 1 is 1.18 bits per heavy atom. The second-order valence-corrected chi connectivity index (χ2v) is 14.2. The fourth-order valence-corrected chi connectivity index (χ4v) is 7.88. The second kappa shape index (κ2) is 8.96. The molecule has 2 amide bonds. The Morgan fingerprint density at radius 2 is 1.92 bits per heavy atom. The fourth-order valence-electron chi connectivity index (χ4n) is 5.30. The minimum absolute atomic E-state index is 0.0558. The quantitative estimate of drug-likeness (QED) is 0.343. The molecule has 204 valence electrons. The van der Waals surface area contributed by atoms with Crippen LogP contribution in [0, 0.1) is 12.3 Å². The molecule has 2 aliphatic rings. The first-order chi connectivity index (χ1) is 18.4.